The molecule has 94 valence electrons. The summed E-state index contributed by atoms with van der Waals surface area (Å²) < 4.78 is 6.24. The average Bonchev–Trinajstić information content (AvgIpc) is 2.60. The van der Waals surface area contributed by atoms with Crippen molar-refractivity contribution < 1.29 is 20.1 Å². The van der Waals surface area contributed by atoms with E-state index in [4.69, 9.17) is 9.84 Å². The van der Waals surface area contributed by atoms with Gasteiger partial charge in [0.1, 0.15) is 18.3 Å². The fourth-order valence-electron chi connectivity index (χ4n) is 1.73. The first-order valence-electron chi connectivity index (χ1n) is 5.26. The van der Waals surface area contributed by atoms with Gasteiger partial charge in [0.2, 0.25) is 0 Å². The molecule has 0 spiro atoms. The standard InChI is InChI=1S/C11H14BrNO4/c12-6-1-3-7(4-2-6)13-11-10(16)9(15)8(5-14)17-11/h1-4,8-11,13-16H,5H2/t8-,9-,10+,11-/m0/s1. The highest BCUT2D eigenvalue weighted by Crippen LogP contribution is 2.23. The van der Waals surface area contributed by atoms with Crippen molar-refractivity contribution in [3.8, 4) is 0 Å². The third-order valence-corrected chi connectivity index (χ3v) is 3.22. The van der Waals surface area contributed by atoms with Crippen LogP contribution in [0.25, 0.3) is 0 Å². The molecule has 0 amide bonds. The second-order valence-corrected chi connectivity index (χ2v) is 4.83. The number of benzene rings is 1. The molecule has 4 atom stereocenters. The number of ether oxygens (including phenoxy) is 1. The fourth-order valence-corrected chi connectivity index (χ4v) is 1.99. The number of aliphatic hydroxyl groups is 3. The van der Waals surface area contributed by atoms with Crippen LogP contribution in [0.5, 0.6) is 0 Å². The minimum Gasteiger partial charge on any atom is -0.394 e. The molecule has 1 fully saturated rings. The summed E-state index contributed by atoms with van der Waals surface area (Å²) in [4.78, 5) is 0. The van der Waals surface area contributed by atoms with Crippen molar-refractivity contribution in [1.29, 1.82) is 0 Å². The quantitative estimate of drug-likeness (QED) is 0.646. The first-order valence-corrected chi connectivity index (χ1v) is 6.05. The molecule has 4 N–H and O–H groups in total. The smallest absolute Gasteiger partial charge is 0.157 e. The van der Waals surface area contributed by atoms with E-state index in [1.807, 2.05) is 24.3 Å². The van der Waals surface area contributed by atoms with Gasteiger partial charge in [-0.3, -0.25) is 0 Å². The van der Waals surface area contributed by atoms with Gasteiger partial charge in [-0.25, -0.2) is 0 Å². The number of halogens is 1. The highest BCUT2D eigenvalue weighted by Gasteiger charge is 2.42. The van der Waals surface area contributed by atoms with Gasteiger partial charge in [-0.1, -0.05) is 15.9 Å². The number of aliphatic hydroxyl groups excluding tert-OH is 3. The summed E-state index contributed by atoms with van der Waals surface area (Å²) >= 11 is 3.32. The van der Waals surface area contributed by atoms with Gasteiger partial charge in [-0.15, -0.1) is 0 Å². The van der Waals surface area contributed by atoms with E-state index in [-0.39, 0.29) is 6.61 Å². The summed E-state index contributed by atoms with van der Waals surface area (Å²) in [6, 6.07) is 7.34. The number of hydrogen-bond donors (Lipinski definition) is 4. The molecule has 0 unspecified atom stereocenters. The monoisotopic (exact) mass is 303 g/mol. The van der Waals surface area contributed by atoms with Crippen LogP contribution in [0, 0.1) is 0 Å². The SMILES string of the molecule is OC[C@@H]1O[C@H](Nc2ccc(Br)cc2)[C@H](O)[C@H]1O. The molecule has 0 aliphatic carbocycles. The Morgan fingerprint density at radius 2 is 1.82 bits per heavy atom. The Hall–Kier alpha value is -0.660. The highest BCUT2D eigenvalue weighted by atomic mass is 79.9. The van der Waals surface area contributed by atoms with Crippen molar-refractivity contribution in [2.24, 2.45) is 0 Å². The van der Waals surface area contributed by atoms with Crippen molar-refractivity contribution >= 4 is 21.6 Å². The molecule has 1 saturated heterocycles. The van der Waals surface area contributed by atoms with E-state index in [0.29, 0.717) is 0 Å². The summed E-state index contributed by atoms with van der Waals surface area (Å²) in [6.45, 7) is -0.323. The van der Waals surface area contributed by atoms with Crippen LogP contribution in [0.2, 0.25) is 0 Å². The molecular weight excluding hydrogens is 290 g/mol. The van der Waals surface area contributed by atoms with Crippen LogP contribution >= 0.6 is 15.9 Å². The molecule has 17 heavy (non-hydrogen) atoms. The van der Waals surface area contributed by atoms with Gasteiger partial charge in [0.15, 0.2) is 6.23 Å². The third-order valence-electron chi connectivity index (χ3n) is 2.70. The zero-order chi connectivity index (χ0) is 12.4. The molecule has 1 aromatic carbocycles. The number of anilines is 1. The van der Waals surface area contributed by atoms with E-state index in [1.54, 1.807) is 0 Å². The summed E-state index contributed by atoms with van der Waals surface area (Å²) in [5, 5.41) is 31.2. The van der Waals surface area contributed by atoms with E-state index < -0.39 is 24.5 Å². The predicted octanol–water partition coefficient (Wildman–Crippen LogP) is 0.300. The lowest BCUT2D eigenvalue weighted by atomic mass is 10.1. The maximum atomic E-state index is 9.72. The summed E-state index contributed by atoms with van der Waals surface area (Å²) in [6.07, 6.45) is -3.61. The van der Waals surface area contributed by atoms with Crippen LogP contribution < -0.4 is 5.32 Å². The summed E-state index contributed by atoms with van der Waals surface area (Å²) in [7, 11) is 0. The zero-order valence-electron chi connectivity index (χ0n) is 8.95. The molecule has 2 rings (SSSR count). The minimum atomic E-state index is -1.08. The maximum absolute atomic E-state index is 9.72. The Labute approximate surface area is 107 Å². The maximum Gasteiger partial charge on any atom is 0.157 e. The first kappa shape index (κ1) is 12.8. The van der Waals surface area contributed by atoms with E-state index in [0.717, 1.165) is 10.2 Å². The van der Waals surface area contributed by atoms with Crippen LogP contribution in [-0.2, 0) is 4.74 Å². The van der Waals surface area contributed by atoms with Crippen LogP contribution in [0.3, 0.4) is 0 Å². The van der Waals surface area contributed by atoms with E-state index in [9.17, 15) is 10.2 Å². The van der Waals surface area contributed by atoms with Gasteiger partial charge < -0.3 is 25.4 Å². The Bertz CT molecular complexity index is 372. The Morgan fingerprint density at radius 3 is 2.35 bits per heavy atom. The lowest BCUT2D eigenvalue weighted by molar-refractivity contribution is -0.0153. The van der Waals surface area contributed by atoms with Crippen LogP contribution in [0.1, 0.15) is 0 Å². The normalized spacial score (nSPS) is 32.7. The van der Waals surface area contributed by atoms with Gasteiger partial charge >= 0.3 is 0 Å². The molecule has 1 aliphatic rings. The lowest BCUT2D eigenvalue weighted by Crippen LogP contribution is -2.36. The fraction of sp³-hybridized carbons (Fsp3) is 0.455. The Morgan fingerprint density at radius 1 is 1.18 bits per heavy atom. The average molecular weight is 304 g/mol. The number of hydrogen-bond acceptors (Lipinski definition) is 5. The highest BCUT2D eigenvalue weighted by molar-refractivity contribution is 9.10. The predicted molar refractivity (Wildman–Crippen MR) is 65.5 cm³/mol. The Balaban J connectivity index is 2.02. The van der Waals surface area contributed by atoms with Gasteiger partial charge in [-0.2, -0.15) is 0 Å². The molecule has 5 nitrogen and oxygen atoms in total. The second-order valence-electron chi connectivity index (χ2n) is 3.91. The molecule has 0 bridgehead atoms. The largest absolute Gasteiger partial charge is 0.394 e. The van der Waals surface area contributed by atoms with E-state index >= 15 is 0 Å². The molecular formula is C11H14BrNO4. The lowest BCUT2D eigenvalue weighted by Gasteiger charge is -2.17. The van der Waals surface area contributed by atoms with Gasteiger partial charge in [0.25, 0.3) is 0 Å². The van der Waals surface area contributed by atoms with Crippen molar-refractivity contribution in [3.63, 3.8) is 0 Å². The second kappa shape index (κ2) is 5.32. The summed E-state index contributed by atoms with van der Waals surface area (Å²) in [5.41, 5.74) is 0.767. The molecule has 1 aliphatic heterocycles. The minimum absolute atomic E-state index is 0.323. The molecule has 1 aromatic rings. The zero-order valence-corrected chi connectivity index (χ0v) is 10.5. The van der Waals surface area contributed by atoms with Crippen molar-refractivity contribution in [3.05, 3.63) is 28.7 Å². The first-order chi connectivity index (χ1) is 8.11. The van der Waals surface area contributed by atoms with Crippen LogP contribution in [-0.4, -0.2) is 46.5 Å². The number of nitrogens with one attached hydrogen (secondary N) is 1. The van der Waals surface area contributed by atoms with Crippen molar-refractivity contribution in [1.82, 2.24) is 0 Å². The van der Waals surface area contributed by atoms with Gasteiger partial charge in [0.05, 0.1) is 6.61 Å². The topological polar surface area (TPSA) is 82.0 Å². The van der Waals surface area contributed by atoms with Crippen molar-refractivity contribution in [2.75, 3.05) is 11.9 Å². The molecule has 1 heterocycles. The third kappa shape index (κ3) is 2.78. The number of rotatable bonds is 3. The van der Waals surface area contributed by atoms with Crippen LogP contribution in [0.15, 0.2) is 28.7 Å². The molecule has 0 saturated carbocycles. The molecule has 0 radical (unpaired) electrons. The van der Waals surface area contributed by atoms with Gasteiger partial charge in [-0.05, 0) is 24.3 Å². The van der Waals surface area contributed by atoms with E-state index in [1.165, 1.54) is 0 Å². The Kier molecular flexibility index (Phi) is 4.01. The van der Waals surface area contributed by atoms with Gasteiger partial charge in [0, 0.05) is 10.2 Å². The molecule has 6 heteroatoms. The molecule has 0 aromatic heterocycles. The van der Waals surface area contributed by atoms with Crippen LogP contribution in [0.4, 0.5) is 5.69 Å². The van der Waals surface area contributed by atoms with E-state index in [2.05, 4.69) is 21.2 Å². The summed E-state index contributed by atoms with van der Waals surface area (Å²) in [5.74, 6) is 0. The van der Waals surface area contributed by atoms with Crippen molar-refractivity contribution in [2.45, 2.75) is 24.5 Å².